The Morgan fingerprint density at radius 1 is 1.47 bits per heavy atom. The normalized spacial score (nSPS) is 11.2. The van der Waals surface area contributed by atoms with Crippen LogP contribution in [-0.2, 0) is 9.53 Å². The van der Waals surface area contributed by atoms with E-state index in [2.05, 4.69) is 4.74 Å². The Labute approximate surface area is 106 Å². The van der Waals surface area contributed by atoms with Gasteiger partial charge in [0, 0.05) is 6.04 Å². The quantitative estimate of drug-likeness (QED) is 0.801. The van der Waals surface area contributed by atoms with E-state index in [1.807, 2.05) is 0 Å². The number of carbonyl (C=O) groups is 1. The SMILES string of the molecule is COC(=O)C[C@@H](N)c1ccc(OC)c(O)c1.Cl. The summed E-state index contributed by atoms with van der Waals surface area (Å²) in [6.45, 7) is 0. The predicted molar refractivity (Wildman–Crippen MR) is 65.5 cm³/mol. The average molecular weight is 262 g/mol. The molecule has 0 aliphatic rings. The zero-order valence-corrected chi connectivity index (χ0v) is 10.5. The first-order valence-corrected chi connectivity index (χ1v) is 4.77. The van der Waals surface area contributed by atoms with Crippen LogP contribution in [0.1, 0.15) is 18.0 Å². The standard InChI is InChI=1S/C11H15NO4.ClH/c1-15-10-4-3-7(5-9(10)13)8(12)6-11(14)16-2;/h3-5,8,13H,6,12H2,1-2H3;1H/t8-;/m1./s1. The first kappa shape index (κ1) is 15.5. The monoisotopic (exact) mass is 261 g/mol. The Morgan fingerprint density at radius 3 is 2.59 bits per heavy atom. The van der Waals surface area contributed by atoms with E-state index in [1.165, 1.54) is 20.3 Å². The van der Waals surface area contributed by atoms with Crippen molar-refractivity contribution >= 4 is 18.4 Å². The summed E-state index contributed by atoms with van der Waals surface area (Å²) >= 11 is 0. The van der Waals surface area contributed by atoms with Crippen molar-refractivity contribution in [2.24, 2.45) is 5.73 Å². The lowest BCUT2D eigenvalue weighted by Crippen LogP contribution is -2.16. The Bertz CT molecular complexity index is 384. The summed E-state index contributed by atoms with van der Waals surface area (Å²) in [4.78, 5) is 11.0. The molecule has 0 radical (unpaired) electrons. The number of methoxy groups -OCH3 is 2. The van der Waals surface area contributed by atoms with Crippen molar-refractivity contribution in [3.63, 3.8) is 0 Å². The van der Waals surface area contributed by atoms with Crippen molar-refractivity contribution in [3.8, 4) is 11.5 Å². The summed E-state index contributed by atoms with van der Waals surface area (Å²) in [5.41, 5.74) is 6.44. The highest BCUT2D eigenvalue weighted by Crippen LogP contribution is 2.29. The summed E-state index contributed by atoms with van der Waals surface area (Å²) in [5.74, 6) is -0.0165. The number of nitrogens with two attached hydrogens (primary N) is 1. The molecule has 0 saturated heterocycles. The number of carbonyl (C=O) groups excluding carboxylic acids is 1. The number of rotatable bonds is 4. The Balaban J connectivity index is 0.00000256. The Kier molecular flexibility index (Phi) is 6.38. The van der Waals surface area contributed by atoms with Gasteiger partial charge in [0.2, 0.25) is 0 Å². The van der Waals surface area contributed by atoms with Crippen molar-refractivity contribution in [3.05, 3.63) is 23.8 Å². The second kappa shape index (κ2) is 6.98. The van der Waals surface area contributed by atoms with Gasteiger partial charge in [-0.3, -0.25) is 4.79 Å². The van der Waals surface area contributed by atoms with E-state index >= 15 is 0 Å². The minimum absolute atomic E-state index is 0. The van der Waals surface area contributed by atoms with E-state index in [0.717, 1.165) is 0 Å². The molecule has 17 heavy (non-hydrogen) atoms. The lowest BCUT2D eigenvalue weighted by Gasteiger charge is -2.12. The minimum atomic E-state index is -0.496. The second-order valence-electron chi connectivity index (χ2n) is 3.32. The molecule has 3 N–H and O–H groups in total. The van der Waals surface area contributed by atoms with Gasteiger partial charge in [-0.25, -0.2) is 0 Å². The van der Waals surface area contributed by atoms with E-state index in [1.54, 1.807) is 12.1 Å². The van der Waals surface area contributed by atoms with Gasteiger partial charge in [-0.1, -0.05) is 6.07 Å². The maximum atomic E-state index is 11.0. The van der Waals surface area contributed by atoms with Crippen LogP contribution in [-0.4, -0.2) is 25.3 Å². The average Bonchev–Trinajstić information content (AvgIpc) is 2.28. The number of ether oxygens (including phenoxy) is 2. The molecule has 1 atom stereocenters. The molecule has 0 spiro atoms. The van der Waals surface area contributed by atoms with Crippen LogP contribution in [0.5, 0.6) is 11.5 Å². The van der Waals surface area contributed by atoms with Gasteiger partial charge in [0.05, 0.1) is 20.6 Å². The number of benzene rings is 1. The zero-order valence-electron chi connectivity index (χ0n) is 9.67. The number of esters is 1. The lowest BCUT2D eigenvalue weighted by atomic mass is 10.0. The summed E-state index contributed by atoms with van der Waals surface area (Å²) in [6, 6.07) is 4.28. The molecule has 0 fully saturated rings. The molecule has 1 rings (SSSR count). The second-order valence-corrected chi connectivity index (χ2v) is 3.32. The molecule has 0 bridgehead atoms. The number of phenols is 1. The van der Waals surface area contributed by atoms with Crippen LogP contribution < -0.4 is 10.5 Å². The van der Waals surface area contributed by atoms with Gasteiger partial charge in [-0.2, -0.15) is 0 Å². The van der Waals surface area contributed by atoms with E-state index in [4.69, 9.17) is 10.5 Å². The molecule has 6 heteroatoms. The minimum Gasteiger partial charge on any atom is -0.504 e. The molecular formula is C11H16ClNO4. The fourth-order valence-electron chi connectivity index (χ4n) is 1.32. The summed E-state index contributed by atoms with van der Waals surface area (Å²) in [6.07, 6.45) is 0.0717. The van der Waals surface area contributed by atoms with Crippen molar-refractivity contribution < 1.29 is 19.4 Å². The highest BCUT2D eigenvalue weighted by atomic mass is 35.5. The number of hydrogen-bond donors (Lipinski definition) is 2. The van der Waals surface area contributed by atoms with Crippen LogP contribution in [0, 0.1) is 0 Å². The van der Waals surface area contributed by atoms with E-state index in [0.29, 0.717) is 11.3 Å². The Morgan fingerprint density at radius 2 is 2.12 bits per heavy atom. The molecule has 0 saturated carbocycles. The molecule has 0 unspecified atom stereocenters. The fourth-order valence-corrected chi connectivity index (χ4v) is 1.32. The fraction of sp³-hybridized carbons (Fsp3) is 0.364. The maximum Gasteiger partial charge on any atom is 0.307 e. The number of hydrogen-bond acceptors (Lipinski definition) is 5. The largest absolute Gasteiger partial charge is 0.504 e. The first-order chi connectivity index (χ1) is 7.58. The summed E-state index contributed by atoms with van der Waals surface area (Å²) < 4.78 is 9.41. The van der Waals surface area contributed by atoms with Gasteiger partial charge in [-0.05, 0) is 17.7 Å². The van der Waals surface area contributed by atoms with Crippen LogP contribution in [0.25, 0.3) is 0 Å². The highest BCUT2D eigenvalue weighted by Gasteiger charge is 2.13. The van der Waals surface area contributed by atoms with Gasteiger partial charge < -0.3 is 20.3 Å². The number of aromatic hydroxyl groups is 1. The van der Waals surface area contributed by atoms with Gasteiger partial charge >= 0.3 is 5.97 Å². The van der Waals surface area contributed by atoms with Crippen molar-refractivity contribution in [2.45, 2.75) is 12.5 Å². The van der Waals surface area contributed by atoms with Gasteiger partial charge in [0.1, 0.15) is 0 Å². The molecule has 1 aromatic carbocycles. The smallest absolute Gasteiger partial charge is 0.307 e. The van der Waals surface area contributed by atoms with Gasteiger partial charge in [0.15, 0.2) is 11.5 Å². The summed E-state index contributed by atoms with van der Waals surface area (Å²) in [5, 5.41) is 9.53. The molecular weight excluding hydrogens is 246 g/mol. The third-order valence-corrected chi connectivity index (χ3v) is 2.25. The molecule has 1 aromatic rings. The Hall–Kier alpha value is -1.46. The molecule has 0 amide bonds. The molecule has 0 aliphatic carbocycles. The predicted octanol–water partition coefficient (Wildman–Crippen LogP) is 1.39. The highest BCUT2D eigenvalue weighted by molar-refractivity contribution is 5.85. The molecule has 5 nitrogen and oxygen atoms in total. The first-order valence-electron chi connectivity index (χ1n) is 4.77. The molecule has 96 valence electrons. The molecule has 0 aromatic heterocycles. The molecule has 0 aliphatic heterocycles. The van der Waals surface area contributed by atoms with E-state index in [-0.39, 0.29) is 30.5 Å². The van der Waals surface area contributed by atoms with Gasteiger partial charge in [-0.15, -0.1) is 12.4 Å². The van der Waals surface area contributed by atoms with Crippen molar-refractivity contribution in [1.82, 2.24) is 0 Å². The topological polar surface area (TPSA) is 81.8 Å². The van der Waals surface area contributed by atoms with E-state index < -0.39 is 6.04 Å². The molecule has 0 heterocycles. The van der Waals surface area contributed by atoms with Crippen LogP contribution in [0.15, 0.2) is 18.2 Å². The maximum absolute atomic E-state index is 11.0. The van der Waals surface area contributed by atoms with Crippen LogP contribution in [0.4, 0.5) is 0 Å². The van der Waals surface area contributed by atoms with E-state index in [9.17, 15) is 9.90 Å². The third-order valence-electron chi connectivity index (χ3n) is 2.25. The lowest BCUT2D eigenvalue weighted by molar-refractivity contribution is -0.141. The van der Waals surface area contributed by atoms with Crippen LogP contribution >= 0.6 is 12.4 Å². The number of halogens is 1. The van der Waals surface area contributed by atoms with Gasteiger partial charge in [0.25, 0.3) is 0 Å². The zero-order chi connectivity index (χ0) is 12.1. The van der Waals surface area contributed by atoms with Crippen molar-refractivity contribution in [2.75, 3.05) is 14.2 Å². The van der Waals surface area contributed by atoms with Crippen LogP contribution in [0.2, 0.25) is 0 Å². The number of phenolic OH excluding ortho intramolecular Hbond substituents is 1. The van der Waals surface area contributed by atoms with Crippen LogP contribution in [0.3, 0.4) is 0 Å². The van der Waals surface area contributed by atoms with Crippen molar-refractivity contribution in [1.29, 1.82) is 0 Å². The summed E-state index contributed by atoms with van der Waals surface area (Å²) in [7, 11) is 2.77. The third kappa shape index (κ3) is 4.13.